The van der Waals surface area contributed by atoms with E-state index in [9.17, 15) is 18.8 Å². The Balaban J connectivity index is 1.45. The van der Waals surface area contributed by atoms with E-state index in [4.69, 9.17) is 26.2 Å². The van der Waals surface area contributed by atoms with Crippen molar-refractivity contribution in [1.29, 1.82) is 0 Å². The van der Waals surface area contributed by atoms with Gasteiger partial charge in [-0.3, -0.25) is 19.3 Å². The van der Waals surface area contributed by atoms with Crippen molar-refractivity contribution >= 4 is 35.1 Å². The number of amides is 2. The molecule has 0 saturated heterocycles. The molecule has 1 heterocycles. The van der Waals surface area contributed by atoms with E-state index in [1.54, 1.807) is 6.07 Å². The van der Waals surface area contributed by atoms with Crippen LogP contribution in [0.3, 0.4) is 0 Å². The lowest BCUT2D eigenvalue weighted by Gasteiger charge is -2.23. The minimum absolute atomic E-state index is 0.107. The maximum Gasteiger partial charge on any atom is 0.323 e. The lowest BCUT2D eigenvalue weighted by Crippen LogP contribution is -2.42. The molecule has 0 atom stereocenters. The molecule has 192 valence electrons. The van der Waals surface area contributed by atoms with Crippen LogP contribution >= 0.6 is 11.6 Å². The van der Waals surface area contributed by atoms with Gasteiger partial charge in [0.15, 0.2) is 0 Å². The van der Waals surface area contributed by atoms with Gasteiger partial charge in [-0.1, -0.05) is 41.9 Å². The standard InChI is InChI=1S/C27H24ClFN2O6/c28-23-13-21(37-11-10-36-17-18-4-2-1-3-5-18)7-8-22(23)27(35)31-15-25(32)30(16-26(33)34)14-19-12-20(29)6-9-24(19)31/h1-9,12-13H,10-11,14-17H2,(H,33,34). The molecule has 4 rings (SSSR count). The molecule has 0 aliphatic carbocycles. The maximum atomic E-state index is 13.9. The summed E-state index contributed by atoms with van der Waals surface area (Å²) in [4.78, 5) is 39.7. The molecular weight excluding hydrogens is 503 g/mol. The molecule has 1 aliphatic heterocycles. The molecule has 3 aromatic rings. The first-order valence-corrected chi connectivity index (χ1v) is 11.8. The Bertz CT molecular complexity index is 1300. The normalized spacial score (nSPS) is 13.2. The maximum absolute atomic E-state index is 13.9. The number of carboxylic acid groups (broad SMARTS) is 1. The molecule has 1 N–H and O–H groups in total. The van der Waals surface area contributed by atoms with Crippen LogP contribution in [0.4, 0.5) is 10.1 Å². The van der Waals surface area contributed by atoms with Gasteiger partial charge < -0.3 is 19.5 Å². The van der Waals surface area contributed by atoms with E-state index in [-0.39, 0.29) is 23.7 Å². The molecule has 10 heteroatoms. The fourth-order valence-corrected chi connectivity index (χ4v) is 4.19. The van der Waals surface area contributed by atoms with E-state index >= 15 is 0 Å². The molecule has 8 nitrogen and oxygen atoms in total. The second-order valence-electron chi connectivity index (χ2n) is 8.34. The van der Waals surface area contributed by atoms with E-state index in [0.717, 1.165) is 10.5 Å². The lowest BCUT2D eigenvalue weighted by molar-refractivity contribution is -0.144. The van der Waals surface area contributed by atoms with Gasteiger partial charge in [-0.25, -0.2) is 4.39 Å². The first-order chi connectivity index (χ1) is 17.8. The second-order valence-corrected chi connectivity index (χ2v) is 8.74. The zero-order valence-electron chi connectivity index (χ0n) is 19.7. The molecule has 37 heavy (non-hydrogen) atoms. The average molecular weight is 527 g/mol. The Morgan fingerprint density at radius 1 is 1.00 bits per heavy atom. The van der Waals surface area contributed by atoms with Gasteiger partial charge in [0, 0.05) is 12.2 Å². The summed E-state index contributed by atoms with van der Waals surface area (Å²) in [7, 11) is 0. The summed E-state index contributed by atoms with van der Waals surface area (Å²) in [6.07, 6.45) is 0. The monoisotopic (exact) mass is 526 g/mol. The van der Waals surface area contributed by atoms with E-state index in [1.807, 2.05) is 30.3 Å². The summed E-state index contributed by atoms with van der Waals surface area (Å²) in [5, 5.41) is 9.26. The number of carbonyl (C=O) groups excluding carboxylic acids is 2. The Labute approximate surface area is 217 Å². The van der Waals surface area contributed by atoms with Crippen molar-refractivity contribution in [2.75, 3.05) is 31.2 Å². The molecule has 0 aromatic heterocycles. The third-order valence-corrected chi connectivity index (χ3v) is 6.00. The Kier molecular flexibility index (Phi) is 8.37. The first-order valence-electron chi connectivity index (χ1n) is 11.5. The highest BCUT2D eigenvalue weighted by Crippen LogP contribution is 2.30. The summed E-state index contributed by atoms with van der Waals surface area (Å²) < 4.78 is 25.2. The zero-order valence-corrected chi connectivity index (χ0v) is 20.5. The van der Waals surface area contributed by atoms with Gasteiger partial charge in [0.05, 0.1) is 23.8 Å². The van der Waals surface area contributed by atoms with Gasteiger partial charge in [-0.05, 0) is 47.5 Å². The predicted octanol–water partition coefficient (Wildman–Crippen LogP) is 4.15. The molecule has 0 fully saturated rings. The third kappa shape index (κ3) is 6.63. The number of halogens is 2. The highest BCUT2D eigenvalue weighted by molar-refractivity contribution is 6.34. The number of aliphatic carboxylic acids is 1. The minimum atomic E-state index is -1.21. The zero-order chi connectivity index (χ0) is 26.4. The number of anilines is 1. The smallest absolute Gasteiger partial charge is 0.323 e. The number of fused-ring (bicyclic) bond motifs is 1. The highest BCUT2D eigenvalue weighted by atomic mass is 35.5. The molecular formula is C27H24ClFN2O6. The number of nitrogens with zero attached hydrogens (tertiary/aromatic N) is 2. The number of benzene rings is 3. The molecule has 0 spiro atoms. The van der Waals surface area contributed by atoms with Crippen molar-refractivity contribution < 1.29 is 33.4 Å². The Morgan fingerprint density at radius 3 is 2.51 bits per heavy atom. The summed E-state index contributed by atoms with van der Waals surface area (Å²) in [6.45, 7) is -0.0491. The summed E-state index contributed by atoms with van der Waals surface area (Å²) in [5.41, 5.74) is 1.78. The minimum Gasteiger partial charge on any atom is -0.491 e. The molecule has 1 aliphatic rings. The fraction of sp³-hybridized carbons (Fsp3) is 0.222. The van der Waals surface area contributed by atoms with Crippen LogP contribution in [-0.2, 0) is 27.5 Å². The molecule has 2 amide bonds. The number of ether oxygens (including phenoxy) is 2. The quantitative estimate of drug-likeness (QED) is 0.421. The SMILES string of the molecule is O=C(O)CN1Cc2cc(F)ccc2N(C(=O)c2ccc(OCCOCc3ccccc3)cc2Cl)CC1=O. The fourth-order valence-electron chi connectivity index (χ4n) is 3.93. The van der Waals surface area contributed by atoms with Gasteiger partial charge in [0.2, 0.25) is 5.91 Å². The van der Waals surface area contributed by atoms with Crippen LogP contribution in [0, 0.1) is 5.82 Å². The van der Waals surface area contributed by atoms with Crippen LogP contribution < -0.4 is 9.64 Å². The van der Waals surface area contributed by atoms with Gasteiger partial charge in [0.1, 0.15) is 31.3 Å². The van der Waals surface area contributed by atoms with Gasteiger partial charge in [-0.2, -0.15) is 0 Å². The summed E-state index contributed by atoms with van der Waals surface area (Å²) in [5.74, 6) is -2.51. The highest BCUT2D eigenvalue weighted by Gasteiger charge is 2.31. The van der Waals surface area contributed by atoms with Crippen LogP contribution in [0.15, 0.2) is 66.7 Å². The number of hydrogen-bond donors (Lipinski definition) is 1. The Hall–Kier alpha value is -3.95. The van der Waals surface area contributed by atoms with E-state index in [1.165, 1.54) is 35.2 Å². The molecule has 0 bridgehead atoms. The second kappa shape index (κ2) is 11.9. The average Bonchev–Trinajstić information content (AvgIpc) is 2.99. The summed E-state index contributed by atoms with van der Waals surface area (Å²) >= 11 is 6.40. The van der Waals surface area contributed by atoms with E-state index in [2.05, 4.69) is 0 Å². The number of carboxylic acids is 1. The van der Waals surface area contributed by atoms with E-state index in [0.29, 0.717) is 30.2 Å². The van der Waals surface area contributed by atoms with Crippen molar-refractivity contribution in [1.82, 2.24) is 4.90 Å². The van der Waals surface area contributed by atoms with Crippen LogP contribution in [0.1, 0.15) is 21.5 Å². The number of rotatable bonds is 9. The van der Waals surface area contributed by atoms with Gasteiger partial charge in [0.25, 0.3) is 5.91 Å². The lowest BCUT2D eigenvalue weighted by atomic mass is 10.1. The third-order valence-electron chi connectivity index (χ3n) is 5.69. The van der Waals surface area contributed by atoms with Crippen molar-refractivity contribution in [3.05, 3.63) is 94.3 Å². The molecule has 0 unspecified atom stereocenters. The van der Waals surface area contributed by atoms with E-state index < -0.39 is 36.7 Å². The first kappa shape index (κ1) is 26.1. The number of carbonyl (C=O) groups is 3. The molecule has 0 radical (unpaired) electrons. The largest absolute Gasteiger partial charge is 0.491 e. The summed E-state index contributed by atoms with van der Waals surface area (Å²) in [6, 6.07) is 18.0. The van der Waals surface area contributed by atoms with Crippen LogP contribution in [0.25, 0.3) is 0 Å². The van der Waals surface area contributed by atoms with Crippen LogP contribution in [-0.4, -0.2) is 54.1 Å². The molecule has 0 saturated carbocycles. The van der Waals surface area contributed by atoms with Crippen LogP contribution in [0.5, 0.6) is 5.75 Å². The topological polar surface area (TPSA) is 96.4 Å². The number of hydrogen-bond acceptors (Lipinski definition) is 5. The Morgan fingerprint density at radius 2 is 1.78 bits per heavy atom. The van der Waals surface area contributed by atoms with Gasteiger partial charge >= 0.3 is 5.97 Å². The van der Waals surface area contributed by atoms with Crippen molar-refractivity contribution in [3.8, 4) is 5.75 Å². The van der Waals surface area contributed by atoms with Crippen LogP contribution in [0.2, 0.25) is 5.02 Å². The predicted molar refractivity (Wildman–Crippen MR) is 134 cm³/mol. The van der Waals surface area contributed by atoms with Crippen molar-refractivity contribution in [2.45, 2.75) is 13.2 Å². The van der Waals surface area contributed by atoms with Gasteiger partial charge in [-0.15, -0.1) is 0 Å². The van der Waals surface area contributed by atoms with Crippen molar-refractivity contribution in [2.24, 2.45) is 0 Å². The molecule has 3 aromatic carbocycles. The van der Waals surface area contributed by atoms with Crippen molar-refractivity contribution in [3.63, 3.8) is 0 Å².